The average molecular weight is 648 g/mol. The van der Waals surface area contributed by atoms with Crippen molar-refractivity contribution in [1.29, 1.82) is 0 Å². The molecule has 0 radical (unpaired) electrons. The largest absolute Gasteiger partial charge is 0.457 e. The Morgan fingerprint density at radius 2 is 1.72 bits per heavy atom. The van der Waals surface area contributed by atoms with Gasteiger partial charge in [0.1, 0.15) is 0 Å². The average Bonchev–Trinajstić information content (AvgIpc) is 3.52. The molecule has 5 aliphatic carbocycles. The Bertz CT molecular complexity index is 1180. The second kappa shape index (κ2) is 11.1. The minimum atomic E-state index is -1.14. The van der Waals surface area contributed by atoms with Gasteiger partial charge in [0.2, 0.25) is 0 Å². The highest BCUT2D eigenvalue weighted by molar-refractivity contribution is 5.66. The number of hydrogen-bond acceptors (Lipinski definition) is 8. The van der Waals surface area contributed by atoms with Gasteiger partial charge in [-0.05, 0) is 137 Å². The highest BCUT2D eigenvalue weighted by Crippen LogP contribution is 2.87. The Morgan fingerprint density at radius 3 is 2.41 bits per heavy atom. The van der Waals surface area contributed by atoms with Gasteiger partial charge in [-0.3, -0.25) is 9.69 Å². The first-order valence-corrected chi connectivity index (χ1v) is 18.7. The van der Waals surface area contributed by atoms with Crippen LogP contribution in [0.15, 0.2) is 0 Å². The second-order valence-electron chi connectivity index (χ2n) is 19.0. The predicted molar refractivity (Wildman–Crippen MR) is 177 cm³/mol. The van der Waals surface area contributed by atoms with Crippen molar-refractivity contribution in [3.05, 3.63) is 0 Å². The topological polar surface area (TPSA) is 97.7 Å². The lowest BCUT2D eigenvalue weighted by molar-refractivity contribution is -0.247. The highest BCUT2D eigenvalue weighted by Gasteiger charge is 2.80. The van der Waals surface area contributed by atoms with E-state index in [9.17, 15) is 15.0 Å². The lowest BCUT2D eigenvalue weighted by atomic mass is 9.46. The third-order valence-corrected chi connectivity index (χ3v) is 14.9. The SMILES string of the molecule is CC(=O)O[C@@H](C1CCC2C(CC3C4CCC5C(C)(C)[C@@H](OC6CN(CC(C)(C)O)CCO6)CC[C@@]56CC46CCC23C)O1)C(C)(C)O.[HH]. The molecule has 2 saturated heterocycles. The predicted octanol–water partition coefficient (Wildman–Crippen LogP) is 5.96. The van der Waals surface area contributed by atoms with Crippen LogP contribution in [0.5, 0.6) is 0 Å². The molecule has 12 atom stereocenters. The smallest absolute Gasteiger partial charge is 0.303 e. The summed E-state index contributed by atoms with van der Waals surface area (Å²) in [4.78, 5) is 14.2. The minimum Gasteiger partial charge on any atom is -0.457 e. The van der Waals surface area contributed by atoms with Gasteiger partial charge in [0.25, 0.3) is 0 Å². The van der Waals surface area contributed by atoms with Gasteiger partial charge in [0, 0.05) is 28.0 Å². The minimum absolute atomic E-state index is 0. The number of rotatable bonds is 7. The number of carbonyl (C=O) groups excluding carboxylic acids is 1. The van der Waals surface area contributed by atoms with Gasteiger partial charge in [-0.1, -0.05) is 20.8 Å². The van der Waals surface area contributed by atoms with E-state index in [1.54, 1.807) is 13.8 Å². The summed E-state index contributed by atoms with van der Waals surface area (Å²) >= 11 is 0. The highest BCUT2D eigenvalue weighted by atomic mass is 16.7. The maximum Gasteiger partial charge on any atom is 0.303 e. The van der Waals surface area contributed by atoms with Crippen LogP contribution in [0.1, 0.15) is 121 Å². The van der Waals surface area contributed by atoms with Crippen LogP contribution in [0.25, 0.3) is 0 Å². The summed E-state index contributed by atoms with van der Waals surface area (Å²) in [6.07, 6.45) is 11.3. The molecule has 0 aromatic carbocycles. The molecule has 7 fully saturated rings. The summed E-state index contributed by atoms with van der Waals surface area (Å²) in [6, 6.07) is 0. The van der Waals surface area contributed by atoms with E-state index in [0.29, 0.717) is 47.2 Å². The van der Waals surface area contributed by atoms with Gasteiger partial charge in [-0.15, -0.1) is 0 Å². The molecule has 5 saturated carbocycles. The van der Waals surface area contributed by atoms with E-state index < -0.39 is 17.3 Å². The van der Waals surface area contributed by atoms with Crippen molar-refractivity contribution in [2.45, 2.75) is 162 Å². The van der Waals surface area contributed by atoms with Crippen LogP contribution >= 0.6 is 0 Å². The Labute approximate surface area is 279 Å². The molecule has 0 bridgehead atoms. The summed E-state index contributed by atoms with van der Waals surface area (Å²) in [5, 5.41) is 21.3. The molecule has 264 valence electrons. The van der Waals surface area contributed by atoms with Crippen molar-refractivity contribution in [1.82, 2.24) is 4.90 Å². The van der Waals surface area contributed by atoms with Crippen molar-refractivity contribution in [2.75, 3.05) is 26.2 Å². The first kappa shape index (κ1) is 33.7. The van der Waals surface area contributed by atoms with Gasteiger partial charge in [0.05, 0.1) is 36.1 Å². The molecular weight excluding hydrogens is 582 g/mol. The number of carbonyl (C=O) groups is 1. The Morgan fingerprint density at radius 1 is 0.978 bits per heavy atom. The molecule has 2 N–H and O–H groups in total. The van der Waals surface area contributed by atoms with Crippen molar-refractivity contribution in [3.63, 3.8) is 0 Å². The van der Waals surface area contributed by atoms with Crippen molar-refractivity contribution < 1.29 is 35.4 Å². The summed E-state index contributed by atoms with van der Waals surface area (Å²) in [5.74, 6) is 2.31. The quantitative estimate of drug-likeness (QED) is 0.327. The molecule has 7 rings (SSSR count). The van der Waals surface area contributed by atoms with Crippen LogP contribution in [-0.2, 0) is 23.7 Å². The fraction of sp³-hybridized carbons (Fsp3) is 0.974. The fourth-order valence-electron chi connectivity index (χ4n) is 13.2. The molecule has 8 nitrogen and oxygen atoms in total. The summed E-state index contributed by atoms with van der Waals surface area (Å²) in [5.41, 5.74) is -0.557. The van der Waals surface area contributed by atoms with Crippen LogP contribution in [-0.4, -0.2) is 89.2 Å². The maximum atomic E-state index is 12.0. The number of nitrogens with zero attached hydrogens (tertiary/aromatic N) is 1. The standard InChI is InChI=1S/C38H63NO7.H2/c1-23(40)44-32(35(6,7)42)27-11-9-25-28(45-27)19-26-24-10-12-29-34(4,5)30(46-31-20-39(17-18-43-31)22-33(2,3)41)13-14-38(29)21-37(24,38)16-15-36(25,26)8;/h24-32,41-42H,9-22H2,1-8H3;1H/t24?,25?,26?,27?,28?,29?,30-,31?,32-,36?,37?,38+;/m0./s1. The molecule has 2 spiro atoms. The van der Waals surface area contributed by atoms with E-state index in [2.05, 4.69) is 25.7 Å². The molecule has 0 aromatic heterocycles. The molecule has 7 aliphatic rings. The van der Waals surface area contributed by atoms with Crippen LogP contribution < -0.4 is 0 Å². The zero-order valence-electron chi connectivity index (χ0n) is 30.0. The molecule has 0 aromatic rings. The number of aliphatic hydroxyl groups is 2. The van der Waals surface area contributed by atoms with Gasteiger partial charge in [-0.25, -0.2) is 0 Å². The van der Waals surface area contributed by atoms with E-state index in [-0.39, 0.29) is 37.4 Å². The van der Waals surface area contributed by atoms with Crippen molar-refractivity contribution >= 4 is 5.97 Å². The van der Waals surface area contributed by atoms with Crippen molar-refractivity contribution in [3.8, 4) is 0 Å². The molecule has 2 aliphatic heterocycles. The van der Waals surface area contributed by atoms with E-state index in [4.69, 9.17) is 18.9 Å². The lowest BCUT2D eigenvalue weighted by Gasteiger charge is -2.60. The van der Waals surface area contributed by atoms with E-state index >= 15 is 0 Å². The maximum absolute atomic E-state index is 12.0. The molecular formula is C38H65NO7. The molecule has 8 heteroatoms. The van der Waals surface area contributed by atoms with E-state index in [0.717, 1.165) is 44.7 Å². The number of hydrogen-bond donors (Lipinski definition) is 2. The van der Waals surface area contributed by atoms with Crippen molar-refractivity contribution in [2.24, 2.45) is 45.3 Å². The normalized spacial score (nSPS) is 47.4. The van der Waals surface area contributed by atoms with Crippen LogP contribution in [0.4, 0.5) is 0 Å². The number of morpholine rings is 1. The number of fused-ring (bicyclic) bond motifs is 4. The summed E-state index contributed by atoms with van der Waals surface area (Å²) in [6.45, 7) is 19.1. The lowest BCUT2D eigenvalue weighted by Crippen LogP contribution is -2.56. The molecule has 46 heavy (non-hydrogen) atoms. The Hall–Kier alpha value is -0.770. The molecule has 0 amide bonds. The van der Waals surface area contributed by atoms with E-state index in [1.165, 1.54) is 45.4 Å². The van der Waals surface area contributed by atoms with Gasteiger partial charge in [0.15, 0.2) is 12.4 Å². The summed E-state index contributed by atoms with van der Waals surface area (Å²) < 4.78 is 25.5. The second-order valence-corrected chi connectivity index (χ2v) is 19.0. The first-order chi connectivity index (χ1) is 21.4. The third kappa shape index (κ3) is 5.33. The molecule has 9 unspecified atom stereocenters. The number of esters is 1. The van der Waals surface area contributed by atoms with Gasteiger partial charge >= 0.3 is 5.97 Å². The molecule has 2 heterocycles. The van der Waals surface area contributed by atoms with Gasteiger partial charge < -0.3 is 29.2 Å². The fourth-order valence-corrected chi connectivity index (χ4v) is 13.2. The zero-order valence-corrected chi connectivity index (χ0v) is 30.0. The van der Waals surface area contributed by atoms with Crippen LogP contribution in [0.2, 0.25) is 0 Å². The first-order valence-electron chi connectivity index (χ1n) is 18.7. The Kier molecular flexibility index (Phi) is 8.15. The third-order valence-electron chi connectivity index (χ3n) is 14.9. The van der Waals surface area contributed by atoms with Crippen LogP contribution in [0.3, 0.4) is 0 Å². The monoisotopic (exact) mass is 647 g/mol. The Balaban J connectivity index is 0.00000386. The number of ether oxygens (including phenoxy) is 4. The van der Waals surface area contributed by atoms with Gasteiger partial charge in [-0.2, -0.15) is 0 Å². The summed E-state index contributed by atoms with van der Waals surface area (Å²) in [7, 11) is 0. The zero-order chi connectivity index (χ0) is 33.1. The van der Waals surface area contributed by atoms with Crippen LogP contribution in [0, 0.1) is 45.3 Å². The van der Waals surface area contributed by atoms with E-state index in [1.807, 2.05) is 13.8 Å². The number of β-amino-alcohol motifs (C(OH)–C–C–N with tert-alkyl or cyclic N) is 1.